The Bertz CT molecular complexity index is 197. The molecular formula is C15H32N2O. The Morgan fingerprint density at radius 3 is 1.94 bits per heavy atom. The second-order valence-electron chi connectivity index (χ2n) is 5.43. The van der Waals surface area contributed by atoms with Crippen LogP contribution in [0.5, 0.6) is 0 Å². The summed E-state index contributed by atoms with van der Waals surface area (Å²) in [7, 11) is 0. The molecule has 0 fully saturated rings. The van der Waals surface area contributed by atoms with Gasteiger partial charge in [0, 0.05) is 18.5 Å². The molecular weight excluding hydrogens is 224 g/mol. The second kappa shape index (κ2) is 11.5. The van der Waals surface area contributed by atoms with Crippen LogP contribution in [0.3, 0.4) is 0 Å². The van der Waals surface area contributed by atoms with Crippen molar-refractivity contribution in [3.63, 3.8) is 0 Å². The average Bonchev–Trinajstić information content (AvgIpc) is 2.28. The van der Waals surface area contributed by atoms with Crippen LogP contribution in [0, 0.1) is 0 Å². The molecule has 0 heterocycles. The smallest absolute Gasteiger partial charge is 0.218 e. The minimum absolute atomic E-state index is 0.204. The van der Waals surface area contributed by atoms with Crippen LogP contribution >= 0.6 is 0 Å². The molecule has 0 radical (unpaired) electrons. The number of carbonyl (C=O) groups excluding carboxylic acids is 1. The first-order valence-corrected chi connectivity index (χ1v) is 7.64. The van der Waals surface area contributed by atoms with Gasteiger partial charge >= 0.3 is 0 Å². The van der Waals surface area contributed by atoms with Crippen molar-refractivity contribution in [3.05, 3.63) is 0 Å². The summed E-state index contributed by atoms with van der Waals surface area (Å²) in [4.78, 5) is 10.9. The maximum atomic E-state index is 10.9. The summed E-state index contributed by atoms with van der Waals surface area (Å²) in [5.74, 6) is -0.212. The molecule has 0 aromatic heterocycles. The van der Waals surface area contributed by atoms with Gasteiger partial charge in [-0.3, -0.25) is 4.79 Å². The molecule has 1 atom stereocenters. The van der Waals surface area contributed by atoms with E-state index in [0.29, 0.717) is 12.5 Å². The van der Waals surface area contributed by atoms with E-state index in [2.05, 4.69) is 26.1 Å². The summed E-state index contributed by atoms with van der Waals surface area (Å²) in [5, 5.41) is 3.57. The molecule has 18 heavy (non-hydrogen) atoms. The maximum absolute atomic E-state index is 10.9. The Labute approximate surface area is 113 Å². The molecule has 3 nitrogen and oxygen atoms in total. The zero-order chi connectivity index (χ0) is 13.8. The highest BCUT2D eigenvalue weighted by Gasteiger charge is 2.13. The molecule has 0 spiro atoms. The first-order chi connectivity index (χ1) is 8.60. The summed E-state index contributed by atoms with van der Waals surface area (Å²) >= 11 is 0. The van der Waals surface area contributed by atoms with Crippen molar-refractivity contribution in [2.24, 2.45) is 5.73 Å². The lowest BCUT2D eigenvalue weighted by Crippen LogP contribution is -2.38. The van der Waals surface area contributed by atoms with Gasteiger partial charge in [-0.25, -0.2) is 0 Å². The highest BCUT2D eigenvalue weighted by Crippen LogP contribution is 2.12. The fourth-order valence-electron chi connectivity index (χ4n) is 2.36. The summed E-state index contributed by atoms with van der Waals surface area (Å²) in [6.07, 6.45) is 10.6. The Kier molecular flexibility index (Phi) is 11.2. The van der Waals surface area contributed by atoms with Crippen LogP contribution in [0.4, 0.5) is 0 Å². The molecule has 0 rings (SSSR count). The van der Waals surface area contributed by atoms with Crippen LogP contribution in [0.25, 0.3) is 0 Å². The fraction of sp³-hybridized carbons (Fsp3) is 0.933. The van der Waals surface area contributed by atoms with Gasteiger partial charge in [0.2, 0.25) is 5.91 Å². The molecule has 0 aliphatic rings. The van der Waals surface area contributed by atoms with E-state index in [1.807, 2.05) is 0 Å². The zero-order valence-electron chi connectivity index (χ0n) is 12.5. The van der Waals surface area contributed by atoms with E-state index in [0.717, 1.165) is 0 Å². The van der Waals surface area contributed by atoms with Crippen LogP contribution in [-0.4, -0.2) is 18.0 Å². The van der Waals surface area contributed by atoms with Crippen molar-refractivity contribution in [1.82, 2.24) is 5.32 Å². The molecule has 0 aliphatic carbocycles. The third-order valence-electron chi connectivity index (χ3n) is 3.34. The highest BCUT2D eigenvalue weighted by atomic mass is 16.1. The predicted molar refractivity (Wildman–Crippen MR) is 78.5 cm³/mol. The molecule has 0 saturated carbocycles. The van der Waals surface area contributed by atoms with Crippen molar-refractivity contribution >= 4 is 5.91 Å². The van der Waals surface area contributed by atoms with Gasteiger partial charge in [0.05, 0.1) is 0 Å². The van der Waals surface area contributed by atoms with Crippen molar-refractivity contribution < 1.29 is 4.79 Å². The van der Waals surface area contributed by atoms with E-state index < -0.39 is 0 Å². The molecule has 0 aromatic carbocycles. The predicted octanol–water partition coefficient (Wildman–Crippen LogP) is 3.37. The van der Waals surface area contributed by atoms with E-state index in [1.54, 1.807) is 0 Å². The number of rotatable bonds is 12. The Balaban J connectivity index is 3.96. The minimum atomic E-state index is -0.212. The molecule has 0 aromatic rings. The number of primary amides is 1. The van der Waals surface area contributed by atoms with Gasteiger partial charge in [-0.1, -0.05) is 52.4 Å². The number of hydrogen-bond acceptors (Lipinski definition) is 2. The van der Waals surface area contributed by atoms with E-state index >= 15 is 0 Å². The normalized spacial score (nSPS) is 12.9. The molecule has 3 heteroatoms. The van der Waals surface area contributed by atoms with Crippen LogP contribution in [0.2, 0.25) is 0 Å². The van der Waals surface area contributed by atoms with Gasteiger partial charge in [0.15, 0.2) is 0 Å². The molecule has 0 saturated heterocycles. The lowest BCUT2D eigenvalue weighted by Gasteiger charge is -2.23. The molecule has 3 N–H and O–H groups in total. The SMILES string of the molecule is CCCCCC(CCCCC)NC(C)CC(N)=O. The monoisotopic (exact) mass is 256 g/mol. The van der Waals surface area contributed by atoms with Gasteiger partial charge in [0.1, 0.15) is 0 Å². The van der Waals surface area contributed by atoms with Crippen molar-refractivity contribution in [2.45, 2.75) is 90.6 Å². The summed E-state index contributed by atoms with van der Waals surface area (Å²) in [5.41, 5.74) is 5.23. The van der Waals surface area contributed by atoms with Gasteiger partial charge in [-0.05, 0) is 19.8 Å². The van der Waals surface area contributed by atoms with Gasteiger partial charge in [0.25, 0.3) is 0 Å². The zero-order valence-corrected chi connectivity index (χ0v) is 12.5. The Morgan fingerprint density at radius 1 is 1.06 bits per heavy atom. The average molecular weight is 256 g/mol. The number of carbonyl (C=O) groups is 1. The van der Waals surface area contributed by atoms with Crippen LogP contribution in [0.1, 0.15) is 78.6 Å². The Hall–Kier alpha value is -0.570. The number of hydrogen-bond donors (Lipinski definition) is 2. The molecule has 1 unspecified atom stereocenters. The van der Waals surface area contributed by atoms with E-state index in [4.69, 9.17) is 5.73 Å². The lowest BCUT2D eigenvalue weighted by atomic mass is 10.0. The number of nitrogens with one attached hydrogen (secondary N) is 1. The van der Waals surface area contributed by atoms with E-state index in [-0.39, 0.29) is 11.9 Å². The Morgan fingerprint density at radius 2 is 1.56 bits per heavy atom. The summed E-state index contributed by atoms with van der Waals surface area (Å²) in [6, 6.07) is 0.758. The summed E-state index contributed by atoms with van der Waals surface area (Å²) in [6.45, 7) is 6.52. The standard InChI is InChI=1S/C15H32N2O/c1-4-6-8-10-14(11-9-7-5-2)17-13(3)12-15(16)18/h13-14,17H,4-12H2,1-3H3,(H2,16,18). The van der Waals surface area contributed by atoms with Gasteiger partial charge in [-0.15, -0.1) is 0 Å². The first kappa shape index (κ1) is 17.4. The minimum Gasteiger partial charge on any atom is -0.370 e. The number of unbranched alkanes of at least 4 members (excludes halogenated alkanes) is 4. The maximum Gasteiger partial charge on any atom is 0.218 e. The van der Waals surface area contributed by atoms with Crippen molar-refractivity contribution in [3.8, 4) is 0 Å². The number of nitrogens with two attached hydrogens (primary N) is 1. The van der Waals surface area contributed by atoms with Crippen molar-refractivity contribution in [2.75, 3.05) is 0 Å². The molecule has 0 bridgehead atoms. The fourth-order valence-corrected chi connectivity index (χ4v) is 2.36. The topological polar surface area (TPSA) is 55.1 Å². The highest BCUT2D eigenvalue weighted by molar-refractivity contribution is 5.74. The van der Waals surface area contributed by atoms with Crippen LogP contribution in [0.15, 0.2) is 0 Å². The van der Waals surface area contributed by atoms with E-state index in [1.165, 1.54) is 51.4 Å². The lowest BCUT2D eigenvalue weighted by molar-refractivity contribution is -0.118. The van der Waals surface area contributed by atoms with Crippen LogP contribution < -0.4 is 11.1 Å². The molecule has 108 valence electrons. The largest absolute Gasteiger partial charge is 0.370 e. The van der Waals surface area contributed by atoms with Crippen LogP contribution in [-0.2, 0) is 4.79 Å². The number of amides is 1. The first-order valence-electron chi connectivity index (χ1n) is 7.64. The van der Waals surface area contributed by atoms with Gasteiger partial charge in [-0.2, -0.15) is 0 Å². The van der Waals surface area contributed by atoms with Crippen molar-refractivity contribution in [1.29, 1.82) is 0 Å². The quantitative estimate of drug-likeness (QED) is 0.526. The molecule has 0 aliphatic heterocycles. The van der Waals surface area contributed by atoms with Gasteiger partial charge < -0.3 is 11.1 Å². The third kappa shape index (κ3) is 10.6. The second-order valence-corrected chi connectivity index (χ2v) is 5.43. The molecule has 1 amide bonds. The van der Waals surface area contributed by atoms with E-state index in [9.17, 15) is 4.79 Å². The third-order valence-corrected chi connectivity index (χ3v) is 3.34. The summed E-state index contributed by atoms with van der Waals surface area (Å²) < 4.78 is 0.